The van der Waals surface area contributed by atoms with Crippen molar-refractivity contribution in [3.05, 3.63) is 96.6 Å². The number of hydrogen-bond donors (Lipinski definition) is 2. The molecule has 0 radical (unpaired) electrons. The molecule has 0 heterocycles. The van der Waals surface area contributed by atoms with Crippen molar-refractivity contribution >= 4 is 37.3 Å². The summed E-state index contributed by atoms with van der Waals surface area (Å²) in [6.45, 7) is 1.83. The number of hydrogen-bond acceptors (Lipinski definition) is 4. The molecule has 5 nitrogen and oxygen atoms in total. The largest absolute Gasteiger partial charge is 0.507 e. The Hall–Kier alpha value is -4.03. The molecule has 0 bridgehead atoms. The molecule has 0 amide bonds. The van der Waals surface area contributed by atoms with Gasteiger partial charge in [0.2, 0.25) is 0 Å². The Morgan fingerprint density at radius 1 is 0.765 bits per heavy atom. The molecule has 34 heavy (non-hydrogen) atoms. The third kappa shape index (κ3) is 3.72. The average molecular weight is 470 g/mol. The number of fused-ring (bicyclic) bond motifs is 2. The van der Waals surface area contributed by atoms with Crippen molar-refractivity contribution in [1.82, 2.24) is 0 Å². The van der Waals surface area contributed by atoms with Gasteiger partial charge in [0.15, 0.2) is 0 Å². The fourth-order valence-electron chi connectivity index (χ4n) is 4.30. The van der Waals surface area contributed by atoms with E-state index in [1.165, 1.54) is 7.11 Å². The van der Waals surface area contributed by atoms with Crippen molar-refractivity contribution in [3.8, 4) is 22.6 Å². The van der Waals surface area contributed by atoms with E-state index in [0.717, 1.165) is 21.9 Å². The zero-order valence-corrected chi connectivity index (χ0v) is 19.6. The summed E-state index contributed by atoms with van der Waals surface area (Å²) < 4.78 is 35.0. The van der Waals surface area contributed by atoms with E-state index in [1.54, 1.807) is 36.4 Å². The molecule has 0 atom stereocenters. The van der Waals surface area contributed by atoms with E-state index in [2.05, 4.69) is 4.72 Å². The Balaban J connectivity index is 1.74. The number of anilines is 1. The van der Waals surface area contributed by atoms with Gasteiger partial charge in [-0.2, -0.15) is 0 Å². The molecule has 0 aliphatic rings. The Labute approximate surface area is 198 Å². The number of aryl methyl sites for hydroxylation is 1. The van der Waals surface area contributed by atoms with Crippen LogP contribution in [-0.2, 0) is 10.0 Å². The highest BCUT2D eigenvalue weighted by atomic mass is 32.2. The molecule has 170 valence electrons. The smallest absolute Gasteiger partial charge is 0.265 e. The fourth-order valence-corrected chi connectivity index (χ4v) is 5.63. The highest BCUT2D eigenvalue weighted by molar-refractivity contribution is 7.92. The topological polar surface area (TPSA) is 75.6 Å². The molecular formula is C28H23NO4S. The van der Waals surface area contributed by atoms with Gasteiger partial charge >= 0.3 is 0 Å². The summed E-state index contributed by atoms with van der Waals surface area (Å²) in [4.78, 5) is 0.0545. The summed E-state index contributed by atoms with van der Waals surface area (Å²) in [5.74, 6) is 0.360. The molecular weight excluding hydrogens is 446 g/mol. The average Bonchev–Trinajstić information content (AvgIpc) is 2.85. The molecule has 5 rings (SSSR count). The summed E-state index contributed by atoms with van der Waals surface area (Å²) in [5.41, 5.74) is 2.53. The third-order valence-corrected chi connectivity index (χ3v) is 7.34. The summed E-state index contributed by atoms with van der Waals surface area (Å²) in [6.07, 6.45) is 0. The summed E-state index contributed by atoms with van der Waals surface area (Å²) in [7, 11) is -2.54. The number of phenolic OH excluding ortho intramolecular Hbond substituents is 1. The van der Waals surface area contributed by atoms with Gasteiger partial charge in [0.1, 0.15) is 16.4 Å². The molecule has 6 heteroatoms. The number of ether oxygens (including phenoxy) is 1. The van der Waals surface area contributed by atoms with E-state index < -0.39 is 10.0 Å². The number of benzene rings is 5. The van der Waals surface area contributed by atoms with Crippen LogP contribution in [0, 0.1) is 6.92 Å². The first-order valence-electron chi connectivity index (χ1n) is 10.8. The standard InChI is InChI=1S/C28H23NO4S/c1-18-14-15-26(33-2)27(16-18)34(31,32)29-25-17-24(28(30)23-12-6-5-11-22(23)25)21-13-7-9-19-8-3-4-10-20(19)21/h3-17,29-30H,1-2H3. The van der Waals surface area contributed by atoms with Gasteiger partial charge in [-0.15, -0.1) is 0 Å². The van der Waals surface area contributed by atoms with E-state index in [0.29, 0.717) is 22.0 Å². The van der Waals surface area contributed by atoms with Crippen LogP contribution in [0.25, 0.3) is 32.7 Å². The maximum absolute atomic E-state index is 13.5. The van der Waals surface area contributed by atoms with E-state index >= 15 is 0 Å². The number of rotatable bonds is 5. The van der Waals surface area contributed by atoms with Crippen LogP contribution in [0.3, 0.4) is 0 Å². The Kier molecular flexibility index (Phi) is 5.38. The molecule has 5 aromatic carbocycles. The summed E-state index contributed by atoms with van der Waals surface area (Å²) >= 11 is 0. The van der Waals surface area contributed by atoms with Crippen molar-refractivity contribution in [1.29, 1.82) is 0 Å². The van der Waals surface area contributed by atoms with Gasteiger partial charge in [-0.3, -0.25) is 4.72 Å². The monoisotopic (exact) mass is 469 g/mol. The second-order valence-electron chi connectivity index (χ2n) is 8.15. The summed E-state index contributed by atoms with van der Waals surface area (Å²) in [6, 6.07) is 27.6. The maximum Gasteiger partial charge on any atom is 0.265 e. The maximum atomic E-state index is 13.5. The first-order valence-corrected chi connectivity index (χ1v) is 12.3. The molecule has 0 fully saturated rings. The van der Waals surface area contributed by atoms with E-state index in [9.17, 15) is 13.5 Å². The quantitative estimate of drug-likeness (QED) is 0.289. The van der Waals surface area contributed by atoms with Crippen LogP contribution >= 0.6 is 0 Å². The fraction of sp³-hybridized carbons (Fsp3) is 0.0714. The lowest BCUT2D eigenvalue weighted by Crippen LogP contribution is -2.14. The van der Waals surface area contributed by atoms with Crippen LogP contribution in [0.4, 0.5) is 5.69 Å². The lowest BCUT2D eigenvalue weighted by molar-refractivity contribution is 0.402. The van der Waals surface area contributed by atoms with E-state index in [4.69, 9.17) is 4.74 Å². The van der Waals surface area contributed by atoms with E-state index in [-0.39, 0.29) is 16.4 Å². The lowest BCUT2D eigenvalue weighted by atomic mass is 9.94. The molecule has 5 aromatic rings. The highest BCUT2D eigenvalue weighted by Gasteiger charge is 2.23. The number of aromatic hydroxyl groups is 1. The van der Waals surface area contributed by atoms with Crippen LogP contribution in [0.15, 0.2) is 95.9 Å². The van der Waals surface area contributed by atoms with Gasteiger partial charge < -0.3 is 9.84 Å². The minimum atomic E-state index is -3.98. The molecule has 2 N–H and O–H groups in total. The molecule has 0 saturated heterocycles. The zero-order valence-electron chi connectivity index (χ0n) is 18.7. The summed E-state index contributed by atoms with van der Waals surface area (Å²) in [5, 5.41) is 14.4. The predicted molar refractivity (Wildman–Crippen MR) is 137 cm³/mol. The predicted octanol–water partition coefficient (Wildman–Crippen LogP) is 6.48. The van der Waals surface area contributed by atoms with Crippen LogP contribution in [0.5, 0.6) is 11.5 Å². The van der Waals surface area contributed by atoms with Crippen molar-refractivity contribution < 1.29 is 18.3 Å². The van der Waals surface area contributed by atoms with Crippen molar-refractivity contribution in [2.45, 2.75) is 11.8 Å². The van der Waals surface area contributed by atoms with Gasteiger partial charge in [-0.05, 0) is 47.0 Å². The lowest BCUT2D eigenvalue weighted by Gasteiger charge is -2.17. The van der Waals surface area contributed by atoms with Crippen LogP contribution in [0.2, 0.25) is 0 Å². The minimum absolute atomic E-state index is 0.0545. The first kappa shape index (κ1) is 21.8. The number of methoxy groups -OCH3 is 1. The molecule has 0 unspecified atom stereocenters. The van der Waals surface area contributed by atoms with Gasteiger partial charge in [0.05, 0.1) is 12.8 Å². The normalized spacial score (nSPS) is 11.6. The molecule has 0 spiro atoms. The second-order valence-corrected chi connectivity index (χ2v) is 9.80. The molecule has 0 saturated carbocycles. The van der Waals surface area contributed by atoms with Crippen LogP contribution < -0.4 is 9.46 Å². The molecule has 0 aromatic heterocycles. The van der Waals surface area contributed by atoms with Crippen molar-refractivity contribution in [3.63, 3.8) is 0 Å². The van der Waals surface area contributed by atoms with Crippen molar-refractivity contribution in [2.24, 2.45) is 0 Å². The van der Waals surface area contributed by atoms with Crippen LogP contribution in [-0.4, -0.2) is 20.6 Å². The van der Waals surface area contributed by atoms with Gasteiger partial charge in [0, 0.05) is 16.3 Å². The zero-order chi connectivity index (χ0) is 23.9. The Morgan fingerprint density at radius 2 is 1.44 bits per heavy atom. The first-order chi connectivity index (χ1) is 16.4. The second kappa shape index (κ2) is 8.39. The van der Waals surface area contributed by atoms with Gasteiger partial charge in [0.25, 0.3) is 10.0 Å². The number of phenols is 1. The van der Waals surface area contributed by atoms with E-state index in [1.807, 2.05) is 61.5 Å². The SMILES string of the molecule is COc1ccc(C)cc1S(=O)(=O)Nc1cc(-c2cccc3ccccc23)c(O)c2ccccc12. The van der Waals surface area contributed by atoms with Crippen LogP contribution in [0.1, 0.15) is 5.56 Å². The van der Waals surface area contributed by atoms with Gasteiger partial charge in [-0.1, -0.05) is 72.8 Å². The third-order valence-electron chi connectivity index (χ3n) is 5.95. The minimum Gasteiger partial charge on any atom is -0.507 e. The number of sulfonamides is 1. The molecule has 0 aliphatic heterocycles. The highest BCUT2D eigenvalue weighted by Crippen LogP contribution is 2.43. The van der Waals surface area contributed by atoms with Crippen molar-refractivity contribution in [2.75, 3.05) is 11.8 Å². The number of nitrogens with one attached hydrogen (secondary N) is 1. The Morgan fingerprint density at radius 3 is 2.21 bits per heavy atom. The Bertz CT molecular complexity index is 1650. The van der Waals surface area contributed by atoms with Gasteiger partial charge in [-0.25, -0.2) is 8.42 Å². The molecule has 0 aliphatic carbocycles.